The third-order valence-electron chi connectivity index (χ3n) is 10.6. The first-order valence-electron chi connectivity index (χ1n) is 17.2. The van der Waals surface area contributed by atoms with Gasteiger partial charge >= 0.3 is 0 Å². The molecule has 0 bridgehead atoms. The van der Waals surface area contributed by atoms with Gasteiger partial charge in [0.2, 0.25) is 0 Å². The largest absolute Gasteiger partial charge is 0.228 e. The lowest BCUT2D eigenvalue weighted by Crippen LogP contribution is -2.31. The molecule has 0 fully saturated rings. The van der Waals surface area contributed by atoms with Gasteiger partial charge in [-0.2, -0.15) is 0 Å². The number of hydrogen-bond donors (Lipinski definition) is 0. The van der Waals surface area contributed by atoms with Gasteiger partial charge in [0.15, 0.2) is 5.82 Å². The van der Waals surface area contributed by atoms with Crippen LogP contribution in [0.4, 0.5) is 0 Å². The number of fused-ring (bicyclic) bond motifs is 12. The minimum atomic E-state index is -0.452. The van der Waals surface area contributed by atoms with Crippen molar-refractivity contribution >= 4 is 43.3 Å². The van der Waals surface area contributed by atoms with Crippen molar-refractivity contribution in [1.29, 1.82) is 0 Å². The van der Waals surface area contributed by atoms with Crippen LogP contribution in [0.1, 0.15) is 22.3 Å². The second kappa shape index (κ2) is 11.1. The van der Waals surface area contributed by atoms with Crippen LogP contribution >= 0.6 is 23.1 Å². The Balaban J connectivity index is 1.16. The molecule has 1 spiro atoms. The standard InChI is InChI=1S/C47H28N2S2/c1-2-12-29(13-3-1)40-28-41(30-22-25-35-34-15-5-9-19-42(34)50-45(35)27-30)49-46(48-40)31-23-24-33-32-14-4-6-16-36(32)47(39(33)26-31)37-17-7-10-20-43(37)51-44-21-11-8-18-38(44)47/h1-28H. The van der Waals surface area contributed by atoms with Crippen molar-refractivity contribution < 1.29 is 0 Å². The summed E-state index contributed by atoms with van der Waals surface area (Å²) in [4.78, 5) is 13.2. The molecule has 1 aliphatic heterocycles. The third-order valence-corrected chi connectivity index (χ3v) is 12.9. The summed E-state index contributed by atoms with van der Waals surface area (Å²) in [6.45, 7) is 0. The summed E-state index contributed by atoms with van der Waals surface area (Å²) in [6.07, 6.45) is 0. The highest BCUT2D eigenvalue weighted by Gasteiger charge is 2.50. The molecule has 2 nitrogen and oxygen atoms in total. The van der Waals surface area contributed by atoms with E-state index in [1.165, 1.54) is 63.3 Å². The molecule has 2 aromatic heterocycles. The van der Waals surface area contributed by atoms with E-state index < -0.39 is 5.41 Å². The molecule has 0 amide bonds. The molecule has 2 aliphatic rings. The molecule has 0 unspecified atom stereocenters. The Kier molecular flexibility index (Phi) is 6.30. The van der Waals surface area contributed by atoms with Gasteiger partial charge in [-0.3, -0.25) is 0 Å². The fourth-order valence-electron chi connectivity index (χ4n) is 8.36. The van der Waals surface area contributed by atoms with E-state index in [-0.39, 0.29) is 0 Å². The summed E-state index contributed by atoms with van der Waals surface area (Å²) in [7, 11) is 0. The molecule has 0 radical (unpaired) electrons. The van der Waals surface area contributed by atoms with Crippen LogP contribution < -0.4 is 0 Å². The van der Waals surface area contributed by atoms with E-state index in [9.17, 15) is 0 Å². The summed E-state index contributed by atoms with van der Waals surface area (Å²) in [6, 6.07) is 61.8. The number of aromatic nitrogens is 2. The van der Waals surface area contributed by atoms with Gasteiger partial charge in [0.25, 0.3) is 0 Å². The van der Waals surface area contributed by atoms with Gasteiger partial charge in [-0.05, 0) is 69.8 Å². The van der Waals surface area contributed by atoms with E-state index in [1.807, 2.05) is 23.1 Å². The van der Waals surface area contributed by atoms with Crippen LogP contribution in [-0.2, 0) is 5.41 Å². The first-order chi connectivity index (χ1) is 25.3. The Bertz CT molecular complexity index is 2810. The fraction of sp³-hybridized carbons (Fsp3) is 0.0213. The summed E-state index contributed by atoms with van der Waals surface area (Å²) in [5, 5.41) is 2.58. The van der Waals surface area contributed by atoms with E-state index in [0.717, 1.165) is 33.9 Å². The first kappa shape index (κ1) is 29.0. The molecule has 9 aromatic rings. The lowest BCUT2D eigenvalue weighted by atomic mass is 9.67. The molecule has 1 aliphatic carbocycles. The van der Waals surface area contributed by atoms with Crippen molar-refractivity contribution in [2.45, 2.75) is 15.2 Å². The van der Waals surface area contributed by atoms with E-state index in [4.69, 9.17) is 9.97 Å². The predicted molar refractivity (Wildman–Crippen MR) is 213 cm³/mol. The summed E-state index contributed by atoms with van der Waals surface area (Å²) >= 11 is 3.71. The third kappa shape index (κ3) is 4.24. The SMILES string of the molecule is c1ccc(-c2cc(-c3ccc4c(c3)sc3ccccc34)nc(-c3ccc4c(c3)C3(c5ccccc5Sc5ccccc53)c3ccccc3-4)n2)cc1. The summed E-state index contributed by atoms with van der Waals surface area (Å²) < 4.78 is 2.56. The fourth-order valence-corrected chi connectivity index (χ4v) is 10.7. The number of nitrogens with zero attached hydrogens (tertiary/aromatic N) is 2. The van der Waals surface area contributed by atoms with E-state index in [0.29, 0.717) is 0 Å². The number of hydrogen-bond acceptors (Lipinski definition) is 4. The van der Waals surface area contributed by atoms with Gasteiger partial charge in [-0.25, -0.2) is 9.97 Å². The number of benzene rings is 7. The van der Waals surface area contributed by atoms with E-state index in [2.05, 4.69) is 170 Å². The molecule has 11 rings (SSSR count). The van der Waals surface area contributed by atoms with Crippen LogP contribution in [0, 0.1) is 0 Å². The highest BCUT2D eigenvalue weighted by Crippen LogP contribution is 2.62. The van der Waals surface area contributed by atoms with Crippen LogP contribution in [0.5, 0.6) is 0 Å². The van der Waals surface area contributed by atoms with Gasteiger partial charge in [-0.1, -0.05) is 145 Å². The van der Waals surface area contributed by atoms with Gasteiger partial charge in [0.1, 0.15) is 0 Å². The molecular formula is C47H28N2S2. The minimum absolute atomic E-state index is 0.452. The molecule has 0 saturated heterocycles. The van der Waals surface area contributed by atoms with Crippen molar-refractivity contribution in [2.75, 3.05) is 0 Å². The zero-order valence-corrected chi connectivity index (χ0v) is 29.0. The second-order valence-electron chi connectivity index (χ2n) is 13.3. The zero-order valence-electron chi connectivity index (χ0n) is 27.4. The topological polar surface area (TPSA) is 25.8 Å². The molecule has 0 saturated carbocycles. The maximum absolute atomic E-state index is 5.35. The van der Waals surface area contributed by atoms with Gasteiger partial charge in [0.05, 0.1) is 16.8 Å². The van der Waals surface area contributed by atoms with Crippen molar-refractivity contribution in [3.63, 3.8) is 0 Å². The lowest BCUT2D eigenvalue weighted by Gasteiger charge is -2.39. The van der Waals surface area contributed by atoms with Crippen LogP contribution in [0.2, 0.25) is 0 Å². The molecule has 51 heavy (non-hydrogen) atoms. The normalized spacial score (nSPS) is 13.6. The predicted octanol–water partition coefficient (Wildman–Crippen LogP) is 12.7. The quantitative estimate of drug-likeness (QED) is 0.185. The number of thiophene rings is 1. The van der Waals surface area contributed by atoms with Gasteiger partial charge in [0, 0.05) is 46.7 Å². The summed E-state index contributed by atoms with van der Waals surface area (Å²) in [5.41, 5.74) is 12.4. The Hall–Kier alpha value is -5.81. The van der Waals surface area contributed by atoms with Crippen molar-refractivity contribution in [3.05, 3.63) is 192 Å². The molecule has 0 N–H and O–H groups in total. The minimum Gasteiger partial charge on any atom is -0.228 e. The first-order valence-corrected chi connectivity index (χ1v) is 18.9. The second-order valence-corrected chi connectivity index (χ2v) is 15.5. The van der Waals surface area contributed by atoms with Crippen LogP contribution in [0.25, 0.3) is 65.2 Å². The van der Waals surface area contributed by atoms with Gasteiger partial charge < -0.3 is 0 Å². The number of rotatable bonds is 3. The maximum atomic E-state index is 5.35. The van der Waals surface area contributed by atoms with Crippen LogP contribution in [-0.4, -0.2) is 9.97 Å². The smallest absolute Gasteiger partial charge is 0.160 e. The van der Waals surface area contributed by atoms with Crippen LogP contribution in [0.3, 0.4) is 0 Å². The average Bonchev–Trinajstić information content (AvgIpc) is 3.71. The maximum Gasteiger partial charge on any atom is 0.160 e. The molecule has 238 valence electrons. The Morgan fingerprint density at radius 1 is 0.392 bits per heavy atom. The average molecular weight is 685 g/mol. The Morgan fingerprint density at radius 3 is 1.80 bits per heavy atom. The van der Waals surface area contributed by atoms with Crippen molar-refractivity contribution in [3.8, 4) is 45.0 Å². The van der Waals surface area contributed by atoms with E-state index >= 15 is 0 Å². The Morgan fingerprint density at radius 2 is 1.00 bits per heavy atom. The molecule has 3 heterocycles. The van der Waals surface area contributed by atoms with Crippen molar-refractivity contribution in [1.82, 2.24) is 9.97 Å². The molecule has 0 atom stereocenters. The zero-order chi connectivity index (χ0) is 33.5. The molecular weight excluding hydrogens is 657 g/mol. The van der Waals surface area contributed by atoms with E-state index in [1.54, 1.807) is 0 Å². The highest BCUT2D eigenvalue weighted by molar-refractivity contribution is 7.99. The lowest BCUT2D eigenvalue weighted by molar-refractivity contribution is 0.722. The monoisotopic (exact) mass is 684 g/mol. The van der Waals surface area contributed by atoms with Gasteiger partial charge in [-0.15, -0.1) is 11.3 Å². The Labute approximate surface area is 304 Å². The summed E-state index contributed by atoms with van der Waals surface area (Å²) in [5.74, 6) is 0.725. The molecule has 4 heteroatoms. The van der Waals surface area contributed by atoms with Crippen LogP contribution in [0.15, 0.2) is 180 Å². The molecule has 7 aromatic carbocycles. The van der Waals surface area contributed by atoms with Crippen molar-refractivity contribution in [2.24, 2.45) is 0 Å². The highest BCUT2D eigenvalue weighted by atomic mass is 32.2.